The van der Waals surface area contributed by atoms with Crippen LogP contribution in [0.25, 0.3) is 22.3 Å². The molecule has 0 aromatic carbocycles. The minimum Gasteiger partial charge on any atom is -0.387 e. The van der Waals surface area contributed by atoms with Crippen LogP contribution < -0.4 is 32.8 Å². The summed E-state index contributed by atoms with van der Waals surface area (Å²) in [5.41, 5.74) is 6.96. The summed E-state index contributed by atoms with van der Waals surface area (Å²) in [5.74, 6) is -0.380. The van der Waals surface area contributed by atoms with Crippen molar-refractivity contribution in [1.82, 2.24) is 43.6 Å². The zero-order valence-electron chi connectivity index (χ0n) is 38.6. The molecule has 0 saturated carbocycles. The van der Waals surface area contributed by atoms with E-state index in [1.165, 1.54) is 28.8 Å². The van der Waals surface area contributed by atoms with Crippen molar-refractivity contribution in [1.29, 1.82) is 0 Å². The van der Waals surface area contributed by atoms with Crippen molar-refractivity contribution < 1.29 is 108 Å². The van der Waals surface area contributed by atoms with Gasteiger partial charge in [-0.3, -0.25) is 51.4 Å². The Bertz CT molecular complexity index is 3370. The number of aliphatic hydroxyl groups excluding tert-OH is 3. The number of nitrogens with one attached hydrogen (secondary N) is 2. The van der Waals surface area contributed by atoms with E-state index in [0.717, 1.165) is 27.7 Å². The van der Waals surface area contributed by atoms with Gasteiger partial charge in [0.2, 0.25) is 11.7 Å². The van der Waals surface area contributed by atoms with Gasteiger partial charge >= 0.3 is 42.6 Å². The number of ether oxygens (including phenoxy) is 5. The number of imidazole rings is 2. The zero-order valence-corrected chi connectivity index (χ0v) is 42.2. The van der Waals surface area contributed by atoms with Crippen molar-refractivity contribution in [3.63, 3.8) is 0 Å². The predicted molar refractivity (Wildman–Crippen MR) is 240 cm³/mol. The van der Waals surface area contributed by atoms with Crippen molar-refractivity contribution in [2.45, 2.75) is 93.1 Å². The number of fused-ring (bicyclic) bond motifs is 4. The van der Waals surface area contributed by atoms with Crippen molar-refractivity contribution in [3.05, 3.63) is 62.4 Å². The molecule has 4 aliphatic heterocycles. The van der Waals surface area contributed by atoms with Gasteiger partial charge in [-0.25, -0.2) is 42.6 Å². The molecule has 4 saturated heterocycles. The number of hydrogen-bond acceptors (Lipinski definition) is 27. The second-order valence-electron chi connectivity index (χ2n) is 17.4. The minimum atomic E-state index is -6.21. The Kier molecular flexibility index (Phi) is 14.9. The average molecular weight is 1150 g/mol. The standard InChI is InChI=1S/C34H46N12O25P4/c1-13(2)65-22-15(67-30(21(22)50)44-5-4-16(47)40-33(44)52)7-62-72(53,54)69-24-23-31(45-11-39-17-25(35)37-10-38-26(17)45)68-34(24,8-61-23)9-64-74(57,58)71-75(59,60)70-73(55,56)63-6-14-19(48)20(49)29(66-14)46-12-43(3)18-27(46)41-32(36)42-28(18)51/h4-5,10-15,19-24,29-31,48-50H,6-9H2,1-3H3,(H9-,35,36,37,38,40,41,42,47,51,52,53,54,55,56,57,58,59,60)/p+1/t14-,15-,19+,20?,21?,22+,23?,24-,29-,30-,31-,34-/m1/s1. The topological polar surface area (TPSA) is 516 Å². The molecule has 0 radical (unpaired) electrons. The van der Waals surface area contributed by atoms with Crippen LogP contribution in [-0.4, -0.2) is 165 Å². The van der Waals surface area contributed by atoms with Gasteiger partial charge in [0.15, 0.2) is 30.2 Å². The van der Waals surface area contributed by atoms with E-state index < -0.39 is 154 Å². The third kappa shape index (κ3) is 11.1. The quantitative estimate of drug-likeness (QED) is 0.0264. The molecule has 2 bridgehead atoms. The monoisotopic (exact) mass is 1150 g/mol. The van der Waals surface area contributed by atoms with Crippen LogP contribution in [0.5, 0.6) is 0 Å². The molecule has 75 heavy (non-hydrogen) atoms. The molecular formula is C34H47N12O25P4+. The first-order valence-electron chi connectivity index (χ1n) is 21.7. The van der Waals surface area contributed by atoms with Crippen LogP contribution in [0.1, 0.15) is 32.5 Å². The maximum Gasteiger partial charge on any atom is 0.490 e. The fraction of sp³-hybridized carbons (Fsp3) is 0.588. The molecule has 5 aromatic heterocycles. The van der Waals surface area contributed by atoms with Crippen LogP contribution in [0, 0.1) is 0 Å². The van der Waals surface area contributed by atoms with Crippen LogP contribution in [0.2, 0.25) is 0 Å². The van der Waals surface area contributed by atoms with Gasteiger partial charge in [0.1, 0.15) is 66.3 Å². The number of aliphatic hydroxyl groups is 3. The van der Waals surface area contributed by atoms with Gasteiger partial charge in [-0.2, -0.15) is 8.62 Å². The molecule has 0 spiro atoms. The molecule has 5 aromatic rings. The highest BCUT2D eigenvalue weighted by Crippen LogP contribution is 2.68. The Hall–Kier alpha value is -4.62. The number of aryl methyl sites for hydroxylation is 1. The lowest BCUT2D eigenvalue weighted by molar-refractivity contribution is -0.745. The molecule has 4 fully saturated rings. The van der Waals surface area contributed by atoms with Crippen molar-refractivity contribution in [2.24, 2.45) is 7.05 Å². The van der Waals surface area contributed by atoms with E-state index in [1.807, 2.05) is 4.98 Å². The molecule has 0 aliphatic carbocycles. The van der Waals surface area contributed by atoms with Crippen molar-refractivity contribution in [2.75, 3.05) is 37.9 Å². The molecular weight excluding hydrogens is 1100 g/mol. The number of aromatic nitrogens is 10. The molecule has 4 aliphatic rings. The first-order chi connectivity index (χ1) is 35.1. The van der Waals surface area contributed by atoms with Gasteiger partial charge in [-0.05, 0) is 13.8 Å². The number of phosphoric ester groups is 3. The Morgan fingerprint density at radius 3 is 2.27 bits per heavy atom. The molecule has 13 N–H and O–H groups in total. The summed E-state index contributed by atoms with van der Waals surface area (Å²) in [6.45, 7) is -0.748. The number of hydrogen-bond donors (Lipinski definition) is 11. The summed E-state index contributed by atoms with van der Waals surface area (Å²) in [4.78, 5) is 99.9. The number of rotatable bonds is 20. The number of anilines is 2. The summed E-state index contributed by atoms with van der Waals surface area (Å²) in [6, 6.07) is 0.985. The molecule has 16 atom stereocenters. The van der Waals surface area contributed by atoms with Gasteiger partial charge < -0.3 is 70.0 Å². The number of nitrogens with zero attached hydrogens (tertiary/aromatic N) is 8. The van der Waals surface area contributed by atoms with Crippen LogP contribution >= 0.6 is 31.3 Å². The maximum atomic E-state index is 13.9. The predicted octanol–water partition coefficient (Wildman–Crippen LogP) is -3.69. The van der Waals surface area contributed by atoms with Gasteiger partial charge in [-0.1, -0.05) is 4.98 Å². The maximum absolute atomic E-state index is 13.9. The van der Waals surface area contributed by atoms with Gasteiger partial charge in [0, 0.05) is 12.3 Å². The van der Waals surface area contributed by atoms with E-state index in [2.05, 4.69) is 33.5 Å². The SMILES string of the molecule is CC(C)O[C@@H]1C(O)[C@H](n2ccc(=O)[nH]c2=O)O[C@@H]1COP(=O)(O)O[C@@H]1C2OC[C@]1(COP(=O)(O)OP(=O)(O)OP(=O)(O)OC[C@H]1O[C@@H]([n+]3cn(C)c4c(=O)[nH]c(N)nc43)C(O)[C@H]1O)O[C@H]2n1cnc2c(N)ncnc21. The Morgan fingerprint density at radius 2 is 1.56 bits per heavy atom. The number of aromatic amines is 2. The fourth-order valence-corrected chi connectivity index (χ4v) is 13.3. The number of H-pyrrole nitrogens is 2. The Balaban J connectivity index is 0.879. The Labute approximate surface area is 416 Å². The van der Waals surface area contributed by atoms with Crippen LogP contribution in [0.15, 0.2) is 45.6 Å². The van der Waals surface area contributed by atoms with E-state index in [-0.39, 0.29) is 34.1 Å². The summed E-state index contributed by atoms with van der Waals surface area (Å²) >= 11 is 0. The molecule has 37 nitrogen and oxygen atoms in total. The van der Waals surface area contributed by atoms with Gasteiger partial charge in [-0.15, -0.1) is 0 Å². The molecule has 9 heterocycles. The molecule has 412 valence electrons. The fourth-order valence-electron chi connectivity index (χ4n) is 8.70. The smallest absolute Gasteiger partial charge is 0.387 e. The lowest BCUT2D eigenvalue weighted by Crippen LogP contribution is -2.46. The Morgan fingerprint density at radius 1 is 0.867 bits per heavy atom. The van der Waals surface area contributed by atoms with E-state index in [9.17, 15) is 67.5 Å². The summed E-state index contributed by atoms with van der Waals surface area (Å²) in [7, 11) is -22.0. The molecule has 9 rings (SSSR count). The highest BCUT2D eigenvalue weighted by molar-refractivity contribution is 7.66. The number of nitrogens with two attached hydrogens (primary N) is 2. The van der Waals surface area contributed by atoms with E-state index in [4.69, 9.17) is 53.2 Å². The number of phosphoric acid groups is 4. The van der Waals surface area contributed by atoms with Crippen LogP contribution in [-0.2, 0) is 75.7 Å². The highest BCUT2D eigenvalue weighted by atomic mass is 31.3. The molecule has 41 heteroatoms. The third-order valence-corrected chi connectivity index (χ3v) is 17.0. The molecule has 0 amide bonds. The summed E-state index contributed by atoms with van der Waals surface area (Å²) in [6.07, 6.45) is -13.4. The number of nitrogen functional groups attached to an aromatic ring is 2. The third-order valence-electron chi connectivity index (χ3n) is 11.8. The summed E-state index contributed by atoms with van der Waals surface area (Å²) in [5, 5.41) is 32.7. The zero-order chi connectivity index (χ0) is 54.3. The van der Waals surface area contributed by atoms with Gasteiger partial charge in [0.05, 0.1) is 45.9 Å². The lowest BCUT2D eigenvalue weighted by atomic mass is 10.0. The van der Waals surface area contributed by atoms with Crippen LogP contribution in [0.3, 0.4) is 0 Å². The van der Waals surface area contributed by atoms with E-state index >= 15 is 0 Å². The lowest BCUT2D eigenvalue weighted by Gasteiger charge is -2.32. The molecule has 7 unspecified atom stereocenters. The van der Waals surface area contributed by atoms with Gasteiger partial charge in [0.25, 0.3) is 17.1 Å². The van der Waals surface area contributed by atoms with Crippen molar-refractivity contribution >= 4 is 65.4 Å². The van der Waals surface area contributed by atoms with E-state index in [0.29, 0.717) is 0 Å². The second kappa shape index (κ2) is 20.3. The van der Waals surface area contributed by atoms with E-state index in [1.54, 1.807) is 13.8 Å². The summed E-state index contributed by atoms with van der Waals surface area (Å²) < 4.78 is 116. The second-order valence-corrected chi connectivity index (χ2v) is 23.4. The first-order valence-corrected chi connectivity index (χ1v) is 27.7. The van der Waals surface area contributed by atoms with Crippen molar-refractivity contribution in [3.8, 4) is 0 Å². The normalized spacial score (nSPS) is 32.0. The highest BCUT2D eigenvalue weighted by Gasteiger charge is 2.66. The van der Waals surface area contributed by atoms with Crippen LogP contribution in [0.4, 0.5) is 11.8 Å². The minimum absolute atomic E-state index is 0.0206. The largest absolute Gasteiger partial charge is 0.490 e. The first kappa shape index (κ1) is 55.1. The average Bonchev–Trinajstić information content (AvgIpc) is 4.14.